The van der Waals surface area contributed by atoms with Gasteiger partial charge in [0.15, 0.2) is 0 Å². The fraction of sp³-hybridized carbons (Fsp3) is 0.824. The average Bonchev–Trinajstić information content (AvgIpc) is 2.54. The molecule has 3 atom stereocenters. The van der Waals surface area contributed by atoms with Gasteiger partial charge in [-0.3, -0.25) is 9.59 Å². The lowest BCUT2D eigenvalue weighted by Crippen LogP contribution is -2.34. The molecule has 0 aliphatic heterocycles. The van der Waals surface area contributed by atoms with Crippen LogP contribution in [0.15, 0.2) is 0 Å². The highest BCUT2D eigenvalue weighted by molar-refractivity contribution is 5.70. The van der Waals surface area contributed by atoms with Gasteiger partial charge in [-0.05, 0) is 25.2 Å². The maximum Gasteiger partial charge on any atom is 0.410 e. The van der Waals surface area contributed by atoms with Crippen LogP contribution in [0.3, 0.4) is 0 Å². The lowest BCUT2D eigenvalue weighted by Gasteiger charge is -2.19. The van der Waals surface area contributed by atoms with Gasteiger partial charge in [0.05, 0.1) is 19.6 Å². The number of carbonyl (C=O) groups excluding carboxylic acids is 2. The summed E-state index contributed by atoms with van der Waals surface area (Å²) in [6.45, 7) is 6.71. The van der Waals surface area contributed by atoms with Crippen LogP contribution in [0.2, 0.25) is 0 Å². The topological polar surface area (TPSA) is 164 Å². The van der Waals surface area contributed by atoms with Gasteiger partial charge < -0.3 is 29.5 Å². The second-order valence-electron chi connectivity index (χ2n) is 6.90. The zero-order valence-corrected chi connectivity index (χ0v) is 17.1. The number of hydrogen-bond donors (Lipinski definition) is 2. The molecule has 0 saturated heterocycles. The fourth-order valence-electron chi connectivity index (χ4n) is 2.42. The van der Waals surface area contributed by atoms with Crippen LogP contribution in [0, 0.1) is 22.0 Å². The first-order valence-corrected chi connectivity index (χ1v) is 9.24. The van der Waals surface area contributed by atoms with E-state index in [1.54, 1.807) is 0 Å². The number of rotatable bonds is 15. The quantitative estimate of drug-likeness (QED) is 0.131. The molecule has 1 unspecified atom stereocenters. The predicted octanol–water partition coefficient (Wildman–Crippen LogP) is 1.74. The Labute approximate surface area is 168 Å². The van der Waals surface area contributed by atoms with E-state index >= 15 is 0 Å². The van der Waals surface area contributed by atoms with Crippen LogP contribution in [0.4, 0.5) is 4.79 Å². The highest BCUT2D eigenvalue weighted by Crippen LogP contribution is 2.14. The predicted molar refractivity (Wildman–Crippen MR) is 98.2 cm³/mol. The summed E-state index contributed by atoms with van der Waals surface area (Å²) in [5.74, 6) is -1.60. The maximum absolute atomic E-state index is 11.8. The number of carboxylic acid groups (broad SMARTS) is 1. The van der Waals surface area contributed by atoms with Crippen molar-refractivity contribution in [2.75, 3.05) is 19.8 Å². The van der Waals surface area contributed by atoms with Crippen LogP contribution < -0.4 is 5.32 Å². The minimum Gasteiger partial charge on any atom is -0.481 e. The first kappa shape index (κ1) is 26.4. The highest BCUT2D eigenvalue weighted by Gasteiger charge is 2.18. The van der Waals surface area contributed by atoms with E-state index in [1.807, 2.05) is 13.8 Å². The Hall–Kier alpha value is -2.63. The number of hydrogen-bond acceptors (Lipinski definition) is 9. The van der Waals surface area contributed by atoms with Crippen LogP contribution in [-0.4, -0.2) is 60.4 Å². The van der Waals surface area contributed by atoms with Crippen molar-refractivity contribution in [2.45, 2.75) is 59.4 Å². The first-order chi connectivity index (χ1) is 13.5. The van der Waals surface area contributed by atoms with Crippen molar-refractivity contribution in [2.24, 2.45) is 11.8 Å². The molecule has 0 aliphatic rings. The molecular weight excluding hydrogens is 392 g/mol. The largest absolute Gasteiger partial charge is 0.481 e. The summed E-state index contributed by atoms with van der Waals surface area (Å²) in [4.78, 5) is 48.6. The lowest BCUT2D eigenvalue weighted by molar-refractivity contribution is -0.768. The minimum absolute atomic E-state index is 0.0464. The van der Waals surface area contributed by atoms with E-state index in [0.29, 0.717) is 6.42 Å². The van der Waals surface area contributed by atoms with Gasteiger partial charge in [0.25, 0.3) is 5.09 Å². The van der Waals surface area contributed by atoms with Crippen LogP contribution in [0.25, 0.3) is 0 Å². The van der Waals surface area contributed by atoms with Crippen molar-refractivity contribution in [3.63, 3.8) is 0 Å². The molecule has 29 heavy (non-hydrogen) atoms. The number of aliphatic carboxylic acids is 1. The Kier molecular flexibility index (Phi) is 13.1. The van der Waals surface area contributed by atoms with E-state index in [4.69, 9.17) is 19.3 Å². The smallest absolute Gasteiger partial charge is 0.410 e. The normalized spacial score (nSPS) is 13.8. The van der Waals surface area contributed by atoms with Crippen LogP contribution in [-0.2, 0) is 28.6 Å². The first-order valence-electron chi connectivity index (χ1n) is 9.24. The van der Waals surface area contributed by atoms with Crippen molar-refractivity contribution in [3.05, 3.63) is 10.1 Å². The van der Waals surface area contributed by atoms with Crippen LogP contribution >= 0.6 is 0 Å². The third-order valence-corrected chi connectivity index (χ3v) is 3.44. The zero-order valence-electron chi connectivity index (χ0n) is 17.1. The van der Waals surface area contributed by atoms with Crippen molar-refractivity contribution in [1.82, 2.24) is 5.32 Å². The Morgan fingerprint density at radius 1 is 1.14 bits per heavy atom. The molecule has 0 saturated carbocycles. The van der Waals surface area contributed by atoms with Gasteiger partial charge in [0.1, 0.15) is 6.10 Å². The Bertz CT molecular complexity index is 540. The second-order valence-corrected chi connectivity index (χ2v) is 6.90. The zero-order chi connectivity index (χ0) is 22.4. The number of carboxylic acids is 1. The standard InChI is InChI=1S/C17H30N2O10/c1-11(2)7-14(8-15(20)21)9-18-17(23)28-13(4)27-16(22)5-6-26-10-12(3)29-19(24)25/h11-14H,5-10H2,1-4H3,(H,18,23)(H,20,21)/t12-,13?,14-/m0/s1. The molecule has 0 aromatic rings. The average molecular weight is 422 g/mol. The molecule has 0 aliphatic carbocycles. The summed E-state index contributed by atoms with van der Waals surface area (Å²) in [6.07, 6.45) is -2.34. The van der Waals surface area contributed by atoms with E-state index in [2.05, 4.69) is 10.2 Å². The fourth-order valence-corrected chi connectivity index (χ4v) is 2.42. The number of ether oxygens (including phenoxy) is 3. The summed E-state index contributed by atoms with van der Waals surface area (Å²) in [5, 5.41) is 20.6. The van der Waals surface area contributed by atoms with E-state index in [9.17, 15) is 24.5 Å². The molecule has 0 spiro atoms. The molecule has 12 heteroatoms. The molecule has 168 valence electrons. The van der Waals surface area contributed by atoms with E-state index < -0.39 is 35.5 Å². The van der Waals surface area contributed by atoms with Gasteiger partial charge in [-0.2, -0.15) is 0 Å². The van der Waals surface area contributed by atoms with Crippen molar-refractivity contribution in [3.8, 4) is 0 Å². The summed E-state index contributed by atoms with van der Waals surface area (Å²) < 4.78 is 14.8. The monoisotopic (exact) mass is 422 g/mol. The van der Waals surface area contributed by atoms with E-state index in [1.165, 1.54) is 13.8 Å². The SMILES string of the molecule is CC(C)C[C@H](CNC(=O)OC(C)OC(=O)CCOC[C@H](C)O[N+](=O)[O-])CC(=O)O. The minimum atomic E-state index is -1.15. The van der Waals surface area contributed by atoms with Gasteiger partial charge in [-0.1, -0.05) is 13.8 Å². The molecule has 0 bridgehead atoms. The highest BCUT2D eigenvalue weighted by atomic mass is 17.0. The van der Waals surface area contributed by atoms with Crippen molar-refractivity contribution >= 4 is 18.0 Å². The molecular formula is C17H30N2O10. The number of alkyl carbamates (subject to hydrolysis) is 1. The lowest BCUT2D eigenvalue weighted by atomic mass is 9.94. The summed E-state index contributed by atoms with van der Waals surface area (Å²) in [6, 6.07) is 0. The number of amides is 1. The molecule has 1 amide bonds. The van der Waals surface area contributed by atoms with Gasteiger partial charge in [0.2, 0.25) is 6.29 Å². The van der Waals surface area contributed by atoms with Gasteiger partial charge in [0, 0.05) is 19.9 Å². The van der Waals surface area contributed by atoms with Gasteiger partial charge >= 0.3 is 18.0 Å². The van der Waals surface area contributed by atoms with Crippen molar-refractivity contribution in [1.29, 1.82) is 0 Å². The molecule has 0 aromatic carbocycles. The molecule has 12 nitrogen and oxygen atoms in total. The molecule has 0 fully saturated rings. The van der Waals surface area contributed by atoms with Crippen LogP contribution in [0.1, 0.15) is 47.0 Å². The van der Waals surface area contributed by atoms with Crippen LogP contribution in [0.5, 0.6) is 0 Å². The molecule has 0 aromatic heterocycles. The van der Waals surface area contributed by atoms with Gasteiger partial charge in [-0.25, -0.2) is 4.79 Å². The second kappa shape index (κ2) is 14.4. The number of nitrogens with zero attached hydrogens (tertiary/aromatic N) is 1. The number of nitrogens with one attached hydrogen (secondary N) is 1. The Morgan fingerprint density at radius 3 is 2.34 bits per heavy atom. The summed E-state index contributed by atoms with van der Waals surface area (Å²) in [5.41, 5.74) is 0. The molecule has 0 radical (unpaired) electrons. The summed E-state index contributed by atoms with van der Waals surface area (Å²) in [7, 11) is 0. The number of carbonyl (C=O) groups is 3. The maximum atomic E-state index is 11.8. The van der Waals surface area contributed by atoms with E-state index in [-0.39, 0.29) is 44.4 Å². The third-order valence-electron chi connectivity index (χ3n) is 3.44. The van der Waals surface area contributed by atoms with Gasteiger partial charge in [-0.15, -0.1) is 10.1 Å². The van der Waals surface area contributed by atoms with E-state index in [0.717, 1.165) is 0 Å². The molecule has 0 heterocycles. The Balaban J connectivity index is 4.07. The molecule has 0 rings (SSSR count). The van der Waals surface area contributed by atoms with Crippen molar-refractivity contribution < 1.29 is 43.6 Å². The summed E-state index contributed by atoms with van der Waals surface area (Å²) >= 11 is 0. The third kappa shape index (κ3) is 16.1. The molecule has 2 N–H and O–H groups in total. The number of esters is 1. The Morgan fingerprint density at radius 2 is 1.79 bits per heavy atom.